The minimum atomic E-state index is -0.785. The molecule has 0 aromatic heterocycles. The standard InChI is InChI=1S/C76H132O6/c1-4-7-10-13-16-19-22-25-28-31-34-35-36-37-38-39-40-41-43-45-48-51-54-57-60-63-66-69-75(78)81-72-73(71-80-74(77)68-65-62-59-56-53-50-47-44-33-30-27-24-21-18-15-12-9-6-3)82-76(79)70-67-64-61-58-55-52-49-46-42-32-29-26-23-20-17-14-11-8-5-2/h7,10,16-17,19-21,24-26,28-30,33-35,73H,4-6,8-9,11-15,18,22-23,27,31-32,36-72H2,1-3H3/b10-7-,19-16-,20-17-,24-21-,28-25-,29-26-,33-30-,35-34-. The summed E-state index contributed by atoms with van der Waals surface area (Å²) in [5.74, 6) is -0.876. The van der Waals surface area contributed by atoms with Crippen molar-refractivity contribution in [3.63, 3.8) is 0 Å². The molecule has 6 nitrogen and oxygen atoms in total. The Hall–Kier alpha value is -3.67. The van der Waals surface area contributed by atoms with Gasteiger partial charge in [0.05, 0.1) is 0 Å². The fourth-order valence-corrected chi connectivity index (χ4v) is 10.0. The number of unbranched alkanes of at least 4 members (excludes halogenated alkanes) is 37. The molecule has 0 saturated heterocycles. The van der Waals surface area contributed by atoms with Crippen LogP contribution in [-0.4, -0.2) is 37.2 Å². The molecule has 0 aliphatic rings. The first kappa shape index (κ1) is 78.3. The molecule has 0 saturated carbocycles. The molecule has 0 bridgehead atoms. The zero-order valence-electron chi connectivity index (χ0n) is 54.2. The number of carbonyl (C=O) groups excluding carboxylic acids is 3. The van der Waals surface area contributed by atoms with E-state index in [1.807, 2.05) is 0 Å². The van der Waals surface area contributed by atoms with Crippen molar-refractivity contribution in [2.24, 2.45) is 0 Å². The Balaban J connectivity index is 4.33. The average molecular weight is 1140 g/mol. The third-order valence-corrected chi connectivity index (χ3v) is 15.3. The maximum absolute atomic E-state index is 13.0. The van der Waals surface area contributed by atoms with Gasteiger partial charge in [0.15, 0.2) is 6.10 Å². The van der Waals surface area contributed by atoms with Crippen molar-refractivity contribution in [2.75, 3.05) is 13.2 Å². The number of rotatable bonds is 64. The van der Waals surface area contributed by atoms with Crippen molar-refractivity contribution in [1.29, 1.82) is 0 Å². The number of hydrogen-bond donors (Lipinski definition) is 0. The van der Waals surface area contributed by atoms with Gasteiger partial charge < -0.3 is 14.2 Å². The summed E-state index contributed by atoms with van der Waals surface area (Å²) in [5, 5.41) is 0. The number of esters is 3. The van der Waals surface area contributed by atoms with Crippen LogP contribution in [0.15, 0.2) is 97.2 Å². The summed E-state index contributed by atoms with van der Waals surface area (Å²) in [4.78, 5) is 38.5. The smallest absolute Gasteiger partial charge is 0.306 e. The molecule has 0 aromatic carbocycles. The van der Waals surface area contributed by atoms with E-state index in [9.17, 15) is 14.4 Å². The molecule has 472 valence electrons. The number of ether oxygens (including phenoxy) is 3. The fourth-order valence-electron chi connectivity index (χ4n) is 10.0. The second-order valence-electron chi connectivity index (χ2n) is 23.4. The predicted octanol–water partition coefficient (Wildman–Crippen LogP) is 24.4. The number of hydrogen-bond acceptors (Lipinski definition) is 6. The quantitative estimate of drug-likeness (QED) is 0.0261. The van der Waals surface area contributed by atoms with Crippen molar-refractivity contribution in [3.05, 3.63) is 97.2 Å². The molecular formula is C76H132O6. The highest BCUT2D eigenvalue weighted by Crippen LogP contribution is 2.17. The molecule has 0 fully saturated rings. The SMILES string of the molecule is CC/C=C\C/C=C\C/C=C\C/C=C\CCCCCCCCCCCCCCCCC(=O)OCC(COC(=O)CCCCCCCCC/C=C\C/C=C\CCCCCC)OC(=O)CCCCCCCCCCC/C=C\C/C=C\CCCCC. The van der Waals surface area contributed by atoms with E-state index in [1.54, 1.807) is 0 Å². The average Bonchev–Trinajstić information content (AvgIpc) is 3.47. The predicted molar refractivity (Wildman–Crippen MR) is 357 cm³/mol. The Morgan fingerprint density at radius 1 is 0.256 bits per heavy atom. The van der Waals surface area contributed by atoms with Crippen LogP contribution in [0.2, 0.25) is 0 Å². The summed E-state index contributed by atoms with van der Waals surface area (Å²) >= 11 is 0. The lowest BCUT2D eigenvalue weighted by atomic mass is 10.0. The summed E-state index contributed by atoms with van der Waals surface area (Å²) in [6.07, 6.45) is 94.2. The zero-order chi connectivity index (χ0) is 59.2. The van der Waals surface area contributed by atoms with Gasteiger partial charge in [0.2, 0.25) is 0 Å². The van der Waals surface area contributed by atoms with Gasteiger partial charge in [0, 0.05) is 19.3 Å². The van der Waals surface area contributed by atoms with Crippen LogP contribution in [0.3, 0.4) is 0 Å². The van der Waals surface area contributed by atoms with E-state index in [4.69, 9.17) is 14.2 Å². The first-order valence-corrected chi connectivity index (χ1v) is 35.2. The summed E-state index contributed by atoms with van der Waals surface area (Å²) in [6, 6.07) is 0. The highest BCUT2D eigenvalue weighted by atomic mass is 16.6. The van der Waals surface area contributed by atoms with Gasteiger partial charge in [-0.05, 0) is 122 Å². The van der Waals surface area contributed by atoms with Crippen molar-refractivity contribution in [3.8, 4) is 0 Å². The number of carbonyl (C=O) groups is 3. The molecule has 0 rings (SSSR count). The molecule has 0 N–H and O–H groups in total. The summed E-state index contributed by atoms with van der Waals surface area (Å²) in [6.45, 7) is 6.52. The maximum atomic E-state index is 13.0. The van der Waals surface area contributed by atoms with Crippen LogP contribution in [-0.2, 0) is 28.6 Å². The first-order valence-electron chi connectivity index (χ1n) is 35.2. The molecule has 1 atom stereocenters. The molecule has 0 aliphatic heterocycles. The van der Waals surface area contributed by atoms with E-state index >= 15 is 0 Å². The lowest BCUT2D eigenvalue weighted by Gasteiger charge is -2.18. The van der Waals surface area contributed by atoms with E-state index in [-0.39, 0.29) is 31.1 Å². The normalized spacial score (nSPS) is 12.7. The Kier molecular flexibility index (Phi) is 66.7. The van der Waals surface area contributed by atoms with Gasteiger partial charge in [-0.2, -0.15) is 0 Å². The van der Waals surface area contributed by atoms with Crippen molar-refractivity contribution < 1.29 is 28.6 Å². The van der Waals surface area contributed by atoms with Crippen LogP contribution in [0.4, 0.5) is 0 Å². The van der Waals surface area contributed by atoms with Gasteiger partial charge in [0.25, 0.3) is 0 Å². The largest absolute Gasteiger partial charge is 0.462 e. The summed E-state index contributed by atoms with van der Waals surface area (Å²) < 4.78 is 17.0. The van der Waals surface area contributed by atoms with Crippen molar-refractivity contribution in [1.82, 2.24) is 0 Å². The number of allylic oxidation sites excluding steroid dienone is 16. The van der Waals surface area contributed by atoms with Gasteiger partial charge in [-0.15, -0.1) is 0 Å². The second-order valence-corrected chi connectivity index (χ2v) is 23.4. The Morgan fingerprint density at radius 2 is 0.476 bits per heavy atom. The minimum absolute atomic E-state index is 0.0800. The highest BCUT2D eigenvalue weighted by Gasteiger charge is 2.19. The van der Waals surface area contributed by atoms with E-state index in [0.717, 1.165) is 103 Å². The van der Waals surface area contributed by atoms with Crippen LogP contribution in [0, 0.1) is 0 Å². The van der Waals surface area contributed by atoms with Crippen LogP contribution < -0.4 is 0 Å². The van der Waals surface area contributed by atoms with Gasteiger partial charge in [-0.3, -0.25) is 14.4 Å². The second kappa shape index (κ2) is 69.8. The monoisotopic (exact) mass is 1140 g/mol. The summed E-state index contributed by atoms with van der Waals surface area (Å²) in [7, 11) is 0. The molecule has 1 unspecified atom stereocenters. The van der Waals surface area contributed by atoms with Gasteiger partial charge in [-0.1, -0.05) is 304 Å². The Bertz CT molecular complexity index is 1590. The summed E-state index contributed by atoms with van der Waals surface area (Å²) in [5.41, 5.74) is 0. The molecule has 0 heterocycles. The topological polar surface area (TPSA) is 78.9 Å². The van der Waals surface area contributed by atoms with Crippen LogP contribution >= 0.6 is 0 Å². The fraction of sp³-hybridized carbons (Fsp3) is 0.750. The van der Waals surface area contributed by atoms with Crippen LogP contribution in [0.1, 0.15) is 348 Å². The Labute approximate surface area is 508 Å². The van der Waals surface area contributed by atoms with Crippen LogP contribution in [0.25, 0.3) is 0 Å². The molecule has 0 radical (unpaired) electrons. The minimum Gasteiger partial charge on any atom is -0.462 e. The third kappa shape index (κ3) is 67.1. The van der Waals surface area contributed by atoms with Gasteiger partial charge in [-0.25, -0.2) is 0 Å². The lowest BCUT2D eigenvalue weighted by Crippen LogP contribution is -2.30. The van der Waals surface area contributed by atoms with Gasteiger partial charge >= 0.3 is 17.9 Å². The zero-order valence-corrected chi connectivity index (χ0v) is 54.2. The van der Waals surface area contributed by atoms with Crippen molar-refractivity contribution in [2.45, 2.75) is 354 Å². The van der Waals surface area contributed by atoms with Crippen LogP contribution in [0.5, 0.6) is 0 Å². The molecule has 6 heteroatoms. The Morgan fingerprint density at radius 3 is 0.768 bits per heavy atom. The van der Waals surface area contributed by atoms with E-state index < -0.39 is 6.10 Å². The highest BCUT2D eigenvalue weighted by molar-refractivity contribution is 5.71. The first-order chi connectivity index (χ1) is 40.5. The van der Waals surface area contributed by atoms with E-state index in [2.05, 4.69) is 118 Å². The molecule has 82 heavy (non-hydrogen) atoms. The third-order valence-electron chi connectivity index (χ3n) is 15.3. The molecule has 0 aliphatic carbocycles. The lowest BCUT2D eigenvalue weighted by molar-refractivity contribution is -0.167. The maximum Gasteiger partial charge on any atom is 0.306 e. The van der Waals surface area contributed by atoms with E-state index in [1.165, 1.54) is 205 Å². The molecule has 0 aromatic rings. The van der Waals surface area contributed by atoms with Gasteiger partial charge in [0.1, 0.15) is 13.2 Å². The molecular weight excluding hydrogens is 1010 g/mol. The molecule has 0 amide bonds. The molecule has 0 spiro atoms. The van der Waals surface area contributed by atoms with Crippen molar-refractivity contribution >= 4 is 17.9 Å². The van der Waals surface area contributed by atoms with E-state index in [0.29, 0.717) is 19.3 Å².